The predicted molar refractivity (Wildman–Crippen MR) is 108 cm³/mol. The molecule has 186 valence electrons. The molecule has 12 nitrogen and oxygen atoms in total. The van der Waals surface area contributed by atoms with Crippen LogP contribution in [0.1, 0.15) is 27.7 Å². The van der Waals surface area contributed by atoms with E-state index in [1.165, 1.54) is 6.92 Å². The Bertz CT molecular complexity index is 700. The minimum atomic E-state index is -1.28. The van der Waals surface area contributed by atoms with Crippen LogP contribution in [0.3, 0.4) is 0 Å². The summed E-state index contributed by atoms with van der Waals surface area (Å²) in [5, 5.41) is 0. The molecule has 0 saturated carbocycles. The van der Waals surface area contributed by atoms with E-state index in [1.807, 2.05) is 0 Å². The minimum absolute atomic E-state index is 0.00286. The van der Waals surface area contributed by atoms with Gasteiger partial charge in [0.25, 0.3) is 0 Å². The standard InChI is InChI=1S/C21H30O12/c1-6-7-26-8-9-27-10-11-28-21-20(32-16(5)25)19(31-15(4)24)18(30-14(3)23)17(33-21)12-29-13(2)22/h1,17-21H,7-12H2,2-5H3/t17-,18-,19+,20+,21+/m1/s1. The molecule has 0 spiro atoms. The molecular formula is C21H30O12. The van der Waals surface area contributed by atoms with Gasteiger partial charge in [-0.2, -0.15) is 0 Å². The molecular weight excluding hydrogens is 444 g/mol. The zero-order valence-electron chi connectivity index (χ0n) is 19.1. The number of carbonyl (C=O) groups is 4. The highest BCUT2D eigenvalue weighted by atomic mass is 16.7. The van der Waals surface area contributed by atoms with Crippen LogP contribution in [0.2, 0.25) is 0 Å². The third kappa shape index (κ3) is 11.1. The van der Waals surface area contributed by atoms with E-state index in [0.29, 0.717) is 6.61 Å². The van der Waals surface area contributed by atoms with Crippen LogP contribution in [-0.2, 0) is 57.1 Å². The molecule has 12 heteroatoms. The third-order valence-corrected chi connectivity index (χ3v) is 4.02. The van der Waals surface area contributed by atoms with Gasteiger partial charge in [-0.05, 0) is 0 Å². The average Bonchev–Trinajstić information content (AvgIpc) is 2.71. The molecule has 33 heavy (non-hydrogen) atoms. The van der Waals surface area contributed by atoms with Crippen molar-refractivity contribution in [3.63, 3.8) is 0 Å². The Kier molecular flexibility index (Phi) is 13.0. The highest BCUT2D eigenvalue weighted by molar-refractivity contribution is 5.68. The number of ether oxygens (including phenoxy) is 8. The van der Waals surface area contributed by atoms with E-state index in [4.69, 9.17) is 44.3 Å². The highest BCUT2D eigenvalue weighted by Crippen LogP contribution is 2.29. The summed E-state index contributed by atoms with van der Waals surface area (Å²) in [5.74, 6) is -0.429. The van der Waals surface area contributed by atoms with Gasteiger partial charge in [0.2, 0.25) is 0 Å². The Balaban J connectivity index is 2.96. The molecule has 0 aliphatic carbocycles. The summed E-state index contributed by atoms with van der Waals surface area (Å²) in [6.45, 7) is 5.15. The summed E-state index contributed by atoms with van der Waals surface area (Å²) in [7, 11) is 0. The van der Waals surface area contributed by atoms with Gasteiger partial charge in [-0.25, -0.2) is 0 Å². The first-order valence-electron chi connectivity index (χ1n) is 10.2. The second-order valence-electron chi connectivity index (χ2n) is 6.81. The van der Waals surface area contributed by atoms with Crippen LogP contribution in [0.15, 0.2) is 0 Å². The van der Waals surface area contributed by atoms with Crippen LogP contribution in [0.5, 0.6) is 0 Å². The number of rotatable bonds is 13. The summed E-state index contributed by atoms with van der Waals surface area (Å²) < 4.78 is 42.7. The van der Waals surface area contributed by atoms with Crippen LogP contribution in [0, 0.1) is 12.3 Å². The fourth-order valence-corrected chi connectivity index (χ4v) is 2.90. The molecule has 0 bridgehead atoms. The van der Waals surface area contributed by atoms with Crippen LogP contribution in [0.4, 0.5) is 0 Å². The molecule has 1 aliphatic rings. The zero-order chi connectivity index (χ0) is 24.8. The molecule has 1 aliphatic heterocycles. The number of carbonyl (C=O) groups excluding carboxylic acids is 4. The van der Waals surface area contributed by atoms with Crippen molar-refractivity contribution in [2.45, 2.75) is 58.4 Å². The van der Waals surface area contributed by atoms with Crippen LogP contribution in [-0.4, -0.2) is 94.2 Å². The Morgan fingerprint density at radius 3 is 1.88 bits per heavy atom. The fourth-order valence-electron chi connectivity index (χ4n) is 2.90. The quantitative estimate of drug-likeness (QED) is 0.150. The Labute approximate surface area is 192 Å². The smallest absolute Gasteiger partial charge is 0.303 e. The van der Waals surface area contributed by atoms with E-state index in [9.17, 15) is 19.2 Å². The second-order valence-corrected chi connectivity index (χ2v) is 6.81. The van der Waals surface area contributed by atoms with Crippen molar-refractivity contribution >= 4 is 23.9 Å². The molecule has 1 rings (SSSR count). The predicted octanol–water partition coefficient (Wildman–Crippen LogP) is -0.247. The van der Waals surface area contributed by atoms with Crippen molar-refractivity contribution < 1.29 is 57.1 Å². The summed E-state index contributed by atoms with van der Waals surface area (Å²) >= 11 is 0. The van der Waals surface area contributed by atoms with Crippen LogP contribution in [0.25, 0.3) is 0 Å². The third-order valence-electron chi connectivity index (χ3n) is 4.02. The molecule has 0 amide bonds. The van der Waals surface area contributed by atoms with Crippen molar-refractivity contribution in [3.05, 3.63) is 0 Å². The molecule has 0 aromatic heterocycles. The van der Waals surface area contributed by atoms with Crippen molar-refractivity contribution in [2.24, 2.45) is 0 Å². The molecule has 0 unspecified atom stereocenters. The van der Waals surface area contributed by atoms with E-state index < -0.39 is 54.6 Å². The topological polar surface area (TPSA) is 142 Å². The lowest BCUT2D eigenvalue weighted by Gasteiger charge is -2.44. The van der Waals surface area contributed by atoms with E-state index in [-0.39, 0.29) is 33.0 Å². The molecule has 1 fully saturated rings. The SMILES string of the molecule is C#CCOCCOCCO[C@H]1O[C@H](COC(C)=O)[C@@H](OC(C)=O)[C@H](OC(C)=O)[C@@H]1OC(C)=O. The first-order chi connectivity index (χ1) is 15.6. The Morgan fingerprint density at radius 1 is 0.758 bits per heavy atom. The maximum atomic E-state index is 11.7. The van der Waals surface area contributed by atoms with Gasteiger partial charge in [0.1, 0.15) is 19.3 Å². The van der Waals surface area contributed by atoms with E-state index in [0.717, 1.165) is 20.8 Å². The Hall–Kier alpha value is -2.72. The molecule has 1 heterocycles. The molecule has 0 radical (unpaired) electrons. The lowest BCUT2D eigenvalue weighted by molar-refractivity contribution is -0.309. The number of hydrogen-bond acceptors (Lipinski definition) is 12. The van der Waals surface area contributed by atoms with Crippen LogP contribution < -0.4 is 0 Å². The van der Waals surface area contributed by atoms with Crippen molar-refractivity contribution in [3.8, 4) is 12.3 Å². The maximum Gasteiger partial charge on any atom is 0.303 e. The maximum absolute atomic E-state index is 11.7. The van der Waals surface area contributed by atoms with Gasteiger partial charge in [0.05, 0.1) is 26.4 Å². The minimum Gasteiger partial charge on any atom is -0.463 e. The van der Waals surface area contributed by atoms with Gasteiger partial charge in [-0.1, -0.05) is 5.92 Å². The lowest BCUT2D eigenvalue weighted by Crippen LogP contribution is -2.63. The second kappa shape index (κ2) is 15.2. The summed E-state index contributed by atoms with van der Waals surface area (Å²) in [5.41, 5.74) is 0. The van der Waals surface area contributed by atoms with Crippen LogP contribution >= 0.6 is 0 Å². The Morgan fingerprint density at radius 2 is 1.30 bits per heavy atom. The molecule has 0 aromatic carbocycles. The fraction of sp³-hybridized carbons (Fsp3) is 0.714. The van der Waals surface area contributed by atoms with Crippen molar-refractivity contribution in [1.29, 1.82) is 0 Å². The van der Waals surface area contributed by atoms with Gasteiger partial charge in [-0.15, -0.1) is 6.42 Å². The first kappa shape index (κ1) is 28.3. The van der Waals surface area contributed by atoms with Gasteiger partial charge in [-0.3, -0.25) is 19.2 Å². The zero-order valence-corrected chi connectivity index (χ0v) is 19.1. The summed E-state index contributed by atoms with van der Waals surface area (Å²) in [6.07, 6.45) is -1.04. The monoisotopic (exact) mass is 474 g/mol. The highest BCUT2D eigenvalue weighted by Gasteiger charge is 2.52. The van der Waals surface area contributed by atoms with Gasteiger partial charge < -0.3 is 37.9 Å². The number of esters is 4. The molecule has 0 N–H and O–H groups in total. The molecule has 0 aromatic rings. The summed E-state index contributed by atoms with van der Waals surface area (Å²) in [6, 6.07) is 0. The average molecular weight is 474 g/mol. The number of hydrogen-bond donors (Lipinski definition) is 0. The molecule has 5 atom stereocenters. The lowest BCUT2D eigenvalue weighted by atomic mass is 9.98. The van der Waals surface area contributed by atoms with E-state index in [2.05, 4.69) is 5.92 Å². The van der Waals surface area contributed by atoms with Gasteiger partial charge >= 0.3 is 23.9 Å². The number of terminal acetylenes is 1. The summed E-state index contributed by atoms with van der Waals surface area (Å²) in [4.78, 5) is 46.4. The normalized spacial score (nSPS) is 24.3. The van der Waals surface area contributed by atoms with Gasteiger partial charge in [0.15, 0.2) is 24.6 Å². The van der Waals surface area contributed by atoms with E-state index >= 15 is 0 Å². The largest absolute Gasteiger partial charge is 0.463 e. The van der Waals surface area contributed by atoms with Gasteiger partial charge in [0, 0.05) is 27.7 Å². The van der Waals surface area contributed by atoms with E-state index in [1.54, 1.807) is 0 Å². The molecule has 1 saturated heterocycles. The van der Waals surface area contributed by atoms with Crippen molar-refractivity contribution in [1.82, 2.24) is 0 Å². The first-order valence-corrected chi connectivity index (χ1v) is 10.2. The van der Waals surface area contributed by atoms with Crippen molar-refractivity contribution in [2.75, 3.05) is 39.6 Å².